The predicted molar refractivity (Wildman–Crippen MR) is 64.2 cm³/mol. The predicted octanol–water partition coefficient (Wildman–Crippen LogP) is 0.837. The van der Waals surface area contributed by atoms with Gasteiger partial charge in [-0.15, -0.1) is 0 Å². The Morgan fingerprint density at radius 3 is 2.74 bits per heavy atom. The van der Waals surface area contributed by atoms with Crippen molar-refractivity contribution in [3.8, 4) is 5.75 Å². The molecule has 1 aromatic carbocycles. The maximum atomic E-state index is 14.0. The van der Waals surface area contributed by atoms with Crippen molar-refractivity contribution < 1.29 is 23.5 Å². The molecule has 0 aromatic heterocycles. The molecule has 1 fully saturated rings. The van der Waals surface area contributed by atoms with Gasteiger partial charge in [-0.3, -0.25) is 9.59 Å². The summed E-state index contributed by atoms with van der Waals surface area (Å²) in [5.74, 6) is -2.79. The van der Waals surface area contributed by atoms with Crippen LogP contribution in [-0.4, -0.2) is 32.6 Å². The Kier molecular flexibility index (Phi) is 3.69. The van der Waals surface area contributed by atoms with Gasteiger partial charge in [-0.2, -0.15) is 0 Å². The van der Waals surface area contributed by atoms with Gasteiger partial charge in [-0.1, -0.05) is 6.07 Å². The monoisotopic (exact) mass is 267 g/mol. The van der Waals surface area contributed by atoms with Crippen LogP contribution in [0.4, 0.5) is 4.39 Å². The smallest absolute Gasteiger partial charge is 0.318 e. The van der Waals surface area contributed by atoms with Crippen molar-refractivity contribution in [3.63, 3.8) is 0 Å². The normalized spacial score (nSPS) is 21.9. The molecule has 1 N–H and O–H groups in total. The highest BCUT2D eigenvalue weighted by Gasteiger charge is 2.42. The first-order valence-corrected chi connectivity index (χ1v) is 5.77. The number of rotatable bonds is 3. The molecule has 0 spiro atoms. The van der Waals surface area contributed by atoms with E-state index in [1.54, 1.807) is 6.07 Å². The minimum atomic E-state index is -1.01. The van der Waals surface area contributed by atoms with Crippen LogP contribution in [0, 0.1) is 11.7 Å². The lowest BCUT2D eigenvalue weighted by Gasteiger charge is -2.16. The van der Waals surface area contributed by atoms with E-state index in [9.17, 15) is 14.0 Å². The van der Waals surface area contributed by atoms with E-state index in [2.05, 4.69) is 10.1 Å². The molecule has 0 bridgehead atoms. The van der Waals surface area contributed by atoms with Crippen LogP contribution in [0.15, 0.2) is 18.2 Å². The molecule has 1 aliphatic rings. The molecule has 0 radical (unpaired) electrons. The summed E-state index contributed by atoms with van der Waals surface area (Å²) in [6.07, 6.45) is 0. The molecule has 0 aliphatic carbocycles. The maximum Gasteiger partial charge on any atom is 0.318 e. The van der Waals surface area contributed by atoms with Crippen LogP contribution in [0.5, 0.6) is 5.75 Å². The number of carbonyl (C=O) groups excluding carboxylic acids is 2. The zero-order chi connectivity index (χ0) is 14.0. The Hall–Kier alpha value is -2.11. The van der Waals surface area contributed by atoms with E-state index in [-0.39, 0.29) is 6.54 Å². The summed E-state index contributed by atoms with van der Waals surface area (Å²) in [7, 11) is 2.64. The van der Waals surface area contributed by atoms with Crippen molar-refractivity contribution in [2.24, 2.45) is 5.92 Å². The molecule has 2 rings (SSSR count). The molecule has 1 saturated heterocycles. The standard InChI is InChI=1S/C13H14FNO4/c1-18-7-3-4-8(10(14)5-7)9-6-15-12(16)11(9)13(17)19-2/h3-5,9,11H,6H2,1-2H3,(H,15,16). The summed E-state index contributed by atoms with van der Waals surface area (Å²) < 4.78 is 23.5. The molecule has 5 nitrogen and oxygen atoms in total. The third-order valence-electron chi connectivity index (χ3n) is 3.24. The van der Waals surface area contributed by atoms with E-state index < -0.39 is 29.5 Å². The van der Waals surface area contributed by atoms with E-state index in [1.807, 2.05) is 0 Å². The number of nitrogens with one attached hydrogen (secondary N) is 1. The van der Waals surface area contributed by atoms with Crippen molar-refractivity contribution in [2.75, 3.05) is 20.8 Å². The minimum Gasteiger partial charge on any atom is -0.497 e. The Labute approximate surface area is 109 Å². The fraction of sp³-hybridized carbons (Fsp3) is 0.385. The number of carbonyl (C=O) groups is 2. The average molecular weight is 267 g/mol. The summed E-state index contributed by atoms with van der Waals surface area (Å²) in [5.41, 5.74) is 0.301. The second-order valence-electron chi connectivity index (χ2n) is 4.24. The Bertz CT molecular complexity index is 517. The largest absolute Gasteiger partial charge is 0.497 e. The van der Waals surface area contributed by atoms with Crippen LogP contribution in [0.1, 0.15) is 11.5 Å². The first-order chi connectivity index (χ1) is 9.08. The number of halogens is 1. The molecule has 2 atom stereocenters. The molecule has 102 valence electrons. The van der Waals surface area contributed by atoms with E-state index in [1.165, 1.54) is 26.4 Å². The number of methoxy groups -OCH3 is 2. The van der Waals surface area contributed by atoms with Crippen LogP contribution in [0.3, 0.4) is 0 Å². The molecule has 1 amide bonds. The van der Waals surface area contributed by atoms with Gasteiger partial charge in [0.1, 0.15) is 17.5 Å². The van der Waals surface area contributed by atoms with E-state index in [0.717, 1.165) is 0 Å². The molecular weight excluding hydrogens is 253 g/mol. The number of amides is 1. The lowest BCUT2D eigenvalue weighted by atomic mass is 9.88. The molecule has 6 heteroatoms. The fourth-order valence-corrected chi connectivity index (χ4v) is 2.24. The number of hydrogen-bond donors (Lipinski definition) is 1. The fourth-order valence-electron chi connectivity index (χ4n) is 2.24. The highest BCUT2D eigenvalue weighted by Crippen LogP contribution is 2.32. The van der Waals surface area contributed by atoms with Gasteiger partial charge in [0, 0.05) is 18.5 Å². The number of ether oxygens (including phenoxy) is 2. The summed E-state index contributed by atoms with van der Waals surface area (Å²) in [5, 5.41) is 2.55. The molecule has 19 heavy (non-hydrogen) atoms. The first-order valence-electron chi connectivity index (χ1n) is 5.77. The Balaban J connectivity index is 2.35. The second kappa shape index (κ2) is 5.26. The van der Waals surface area contributed by atoms with Gasteiger partial charge in [0.15, 0.2) is 0 Å². The van der Waals surface area contributed by atoms with Gasteiger partial charge in [0.2, 0.25) is 5.91 Å². The number of benzene rings is 1. The first kappa shape index (κ1) is 13.3. The minimum absolute atomic E-state index is 0.210. The van der Waals surface area contributed by atoms with Crippen LogP contribution >= 0.6 is 0 Å². The maximum absolute atomic E-state index is 14.0. The zero-order valence-electron chi connectivity index (χ0n) is 10.6. The number of hydrogen-bond acceptors (Lipinski definition) is 4. The molecule has 1 aliphatic heterocycles. The zero-order valence-corrected chi connectivity index (χ0v) is 10.6. The topological polar surface area (TPSA) is 64.6 Å². The highest BCUT2D eigenvalue weighted by atomic mass is 19.1. The van der Waals surface area contributed by atoms with Gasteiger partial charge in [-0.25, -0.2) is 4.39 Å². The van der Waals surface area contributed by atoms with E-state index in [0.29, 0.717) is 11.3 Å². The quantitative estimate of drug-likeness (QED) is 0.651. The SMILES string of the molecule is COC(=O)C1C(=O)NCC1c1ccc(OC)cc1F. The lowest BCUT2D eigenvalue weighted by molar-refractivity contribution is -0.149. The van der Waals surface area contributed by atoms with Gasteiger partial charge in [0.05, 0.1) is 14.2 Å². The van der Waals surface area contributed by atoms with Crippen LogP contribution in [0.25, 0.3) is 0 Å². The third kappa shape index (κ3) is 2.38. The summed E-state index contributed by atoms with van der Waals surface area (Å²) in [6.45, 7) is 0.210. The van der Waals surface area contributed by atoms with Gasteiger partial charge in [0.25, 0.3) is 0 Å². The Morgan fingerprint density at radius 2 is 2.16 bits per heavy atom. The second-order valence-corrected chi connectivity index (χ2v) is 4.24. The molecular formula is C13H14FNO4. The molecule has 2 unspecified atom stereocenters. The summed E-state index contributed by atoms with van der Waals surface area (Å²) >= 11 is 0. The molecule has 0 saturated carbocycles. The summed E-state index contributed by atoms with van der Waals surface area (Å²) in [6, 6.07) is 4.34. The van der Waals surface area contributed by atoms with E-state index in [4.69, 9.17) is 4.74 Å². The van der Waals surface area contributed by atoms with Crippen LogP contribution in [0.2, 0.25) is 0 Å². The van der Waals surface area contributed by atoms with Crippen molar-refractivity contribution in [2.45, 2.75) is 5.92 Å². The van der Waals surface area contributed by atoms with E-state index >= 15 is 0 Å². The van der Waals surface area contributed by atoms with Gasteiger partial charge < -0.3 is 14.8 Å². The van der Waals surface area contributed by atoms with Crippen molar-refractivity contribution in [1.29, 1.82) is 0 Å². The highest BCUT2D eigenvalue weighted by molar-refractivity contribution is 6.00. The van der Waals surface area contributed by atoms with Crippen LogP contribution < -0.4 is 10.1 Å². The molecule has 1 heterocycles. The Morgan fingerprint density at radius 1 is 1.42 bits per heavy atom. The number of esters is 1. The summed E-state index contributed by atoms with van der Waals surface area (Å²) in [4.78, 5) is 23.2. The van der Waals surface area contributed by atoms with Gasteiger partial charge in [-0.05, 0) is 11.6 Å². The van der Waals surface area contributed by atoms with Crippen molar-refractivity contribution in [3.05, 3.63) is 29.6 Å². The third-order valence-corrected chi connectivity index (χ3v) is 3.24. The molecule has 1 aromatic rings. The lowest BCUT2D eigenvalue weighted by Crippen LogP contribution is -2.28. The van der Waals surface area contributed by atoms with Crippen molar-refractivity contribution in [1.82, 2.24) is 5.32 Å². The van der Waals surface area contributed by atoms with Gasteiger partial charge >= 0.3 is 5.97 Å². The van der Waals surface area contributed by atoms with Crippen molar-refractivity contribution >= 4 is 11.9 Å². The van der Waals surface area contributed by atoms with Crippen LogP contribution in [-0.2, 0) is 14.3 Å². The average Bonchev–Trinajstić information content (AvgIpc) is 2.79.